The summed E-state index contributed by atoms with van der Waals surface area (Å²) in [5, 5.41) is 6.31. The van der Waals surface area contributed by atoms with Crippen LogP contribution in [0.5, 0.6) is 0 Å². The molecule has 4 aromatic rings. The molecule has 150 valence electrons. The van der Waals surface area contributed by atoms with E-state index in [4.69, 9.17) is 4.42 Å². The lowest BCUT2D eigenvalue weighted by Gasteiger charge is -2.25. The summed E-state index contributed by atoms with van der Waals surface area (Å²) in [4.78, 5) is 13.2. The van der Waals surface area contributed by atoms with Gasteiger partial charge in [-0.25, -0.2) is 4.39 Å². The quantitative estimate of drug-likeness (QED) is 0.432. The Kier molecular flexibility index (Phi) is 6.01. The molecule has 2 N–H and O–H groups in total. The van der Waals surface area contributed by atoms with E-state index in [0.29, 0.717) is 11.4 Å². The number of anilines is 1. The van der Waals surface area contributed by atoms with E-state index in [1.54, 1.807) is 6.26 Å². The second-order valence-corrected chi connectivity index (χ2v) is 6.87. The molecule has 0 saturated heterocycles. The zero-order chi connectivity index (χ0) is 20.8. The highest BCUT2D eigenvalue weighted by molar-refractivity contribution is 5.95. The number of benzene rings is 3. The van der Waals surface area contributed by atoms with Gasteiger partial charge < -0.3 is 9.73 Å². The van der Waals surface area contributed by atoms with Gasteiger partial charge in [0.25, 0.3) is 0 Å². The fourth-order valence-corrected chi connectivity index (χ4v) is 3.33. The van der Waals surface area contributed by atoms with Gasteiger partial charge in [0.2, 0.25) is 5.91 Å². The van der Waals surface area contributed by atoms with E-state index in [9.17, 15) is 9.18 Å². The van der Waals surface area contributed by atoms with Crippen molar-refractivity contribution in [3.05, 3.63) is 126 Å². The van der Waals surface area contributed by atoms with E-state index >= 15 is 0 Å². The third kappa shape index (κ3) is 4.64. The lowest BCUT2D eigenvalue weighted by molar-refractivity contribution is -0.118. The van der Waals surface area contributed by atoms with Crippen LogP contribution in [0.25, 0.3) is 0 Å². The van der Waals surface area contributed by atoms with Gasteiger partial charge in [-0.15, -0.1) is 0 Å². The lowest BCUT2D eigenvalue weighted by atomic mass is 10.00. The zero-order valence-electron chi connectivity index (χ0n) is 16.2. The van der Waals surface area contributed by atoms with E-state index in [2.05, 4.69) is 10.6 Å². The smallest absolute Gasteiger partial charge is 0.246 e. The second-order valence-electron chi connectivity index (χ2n) is 6.87. The minimum absolute atomic E-state index is 0.250. The van der Waals surface area contributed by atoms with Crippen LogP contribution >= 0.6 is 0 Å². The van der Waals surface area contributed by atoms with Crippen molar-refractivity contribution in [1.82, 2.24) is 5.32 Å². The van der Waals surface area contributed by atoms with Crippen LogP contribution in [0.15, 0.2) is 108 Å². The first kappa shape index (κ1) is 19.6. The third-order valence-electron chi connectivity index (χ3n) is 4.80. The van der Waals surface area contributed by atoms with Gasteiger partial charge in [0, 0.05) is 5.69 Å². The molecule has 1 aromatic heterocycles. The summed E-state index contributed by atoms with van der Waals surface area (Å²) >= 11 is 0. The zero-order valence-corrected chi connectivity index (χ0v) is 16.2. The molecular weight excluding hydrogens is 379 g/mol. The number of hydrogen-bond donors (Lipinski definition) is 2. The van der Waals surface area contributed by atoms with Crippen LogP contribution in [-0.2, 0) is 4.79 Å². The van der Waals surface area contributed by atoms with E-state index < -0.39 is 6.04 Å². The molecule has 4 rings (SSSR count). The normalized spacial score (nSPS) is 12.8. The molecule has 1 amide bonds. The first-order chi connectivity index (χ1) is 14.7. The predicted molar refractivity (Wildman–Crippen MR) is 114 cm³/mol. The van der Waals surface area contributed by atoms with Gasteiger partial charge in [0.1, 0.15) is 17.6 Å². The van der Waals surface area contributed by atoms with Gasteiger partial charge in [0.05, 0.1) is 12.3 Å². The molecular formula is C25H21FN2O2. The standard InChI is InChI=1S/C25H21FN2O2/c26-20-13-15-21(16-14-20)27-25(29)24(19-10-5-2-6-11-19)28-23(22-12-7-17-30-22)18-8-3-1-4-9-18/h1-17,23-24,28H,(H,27,29)/t23-,24+/m1/s1. The highest BCUT2D eigenvalue weighted by atomic mass is 19.1. The maximum absolute atomic E-state index is 13.2. The summed E-state index contributed by atoms with van der Waals surface area (Å²) in [6.07, 6.45) is 1.61. The van der Waals surface area contributed by atoms with Crippen molar-refractivity contribution in [2.45, 2.75) is 12.1 Å². The molecule has 3 aromatic carbocycles. The van der Waals surface area contributed by atoms with Crippen molar-refractivity contribution >= 4 is 11.6 Å². The van der Waals surface area contributed by atoms with Gasteiger partial charge in [-0.05, 0) is 47.5 Å². The van der Waals surface area contributed by atoms with Gasteiger partial charge in [0.15, 0.2) is 0 Å². The molecule has 0 spiro atoms. The number of carbonyl (C=O) groups is 1. The maximum Gasteiger partial charge on any atom is 0.246 e. The molecule has 1 heterocycles. The molecule has 0 aliphatic carbocycles. The highest BCUT2D eigenvalue weighted by Gasteiger charge is 2.27. The Morgan fingerprint density at radius 1 is 0.767 bits per heavy atom. The Hall–Kier alpha value is -3.70. The molecule has 2 atom stereocenters. The highest BCUT2D eigenvalue weighted by Crippen LogP contribution is 2.27. The van der Waals surface area contributed by atoms with Crippen molar-refractivity contribution in [3.63, 3.8) is 0 Å². The SMILES string of the molecule is O=C(Nc1ccc(F)cc1)[C@@H](N[C@H](c1ccccc1)c1ccco1)c1ccccc1. The van der Waals surface area contributed by atoms with Crippen LogP contribution in [0.1, 0.15) is 29.0 Å². The van der Waals surface area contributed by atoms with Gasteiger partial charge in [-0.1, -0.05) is 60.7 Å². The van der Waals surface area contributed by atoms with Crippen molar-refractivity contribution in [2.75, 3.05) is 5.32 Å². The van der Waals surface area contributed by atoms with Crippen LogP contribution in [0.4, 0.5) is 10.1 Å². The van der Waals surface area contributed by atoms with Crippen molar-refractivity contribution < 1.29 is 13.6 Å². The number of rotatable bonds is 7. The fraction of sp³-hybridized carbons (Fsp3) is 0.0800. The van der Waals surface area contributed by atoms with Gasteiger partial charge >= 0.3 is 0 Å². The van der Waals surface area contributed by atoms with Crippen LogP contribution < -0.4 is 10.6 Å². The molecule has 30 heavy (non-hydrogen) atoms. The number of hydrogen-bond acceptors (Lipinski definition) is 3. The minimum atomic E-state index is -0.661. The van der Waals surface area contributed by atoms with Crippen molar-refractivity contribution in [2.24, 2.45) is 0 Å². The molecule has 0 bridgehead atoms. The predicted octanol–water partition coefficient (Wildman–Crippen LogP) is 5.48. The molecule has 0 radical (unpaired) electrons. The van der Waals surface area contributed by atoms with Crippen molar-refractivity contribution in [3.8, 4) is 0 Å². The fourth-order valence-electron chi connectivity index (χ4n) is 3.33. The summed E-state index contributed by atoms with van der Waals surface area (Å²) in [6, 6.07) is 27.7. The van der Waals surface area contributed by atoms with Crippen LogP contribution in [0.2, 0.25) is 0 Å². The number of amides is 1. The van der Waals surface area contributed by atoms with Crippen LogP contribution in [0.3, 0.4) is 0 Å². The first-order valence-electron chi connectivity index (χ1n) is 9.66. The van der Waals surface area contributed by atoms with Gasteiger partial charge in [-0.3, -0.25) is 10.1 Å². The number of carbonyl (C=O) groups excluding carboxylic acids is 1. The van der Waals surface area contributed by atoms with Gasteiger partial charge in [-0.2, -0.15) is 0 Å². The van der Waals surface area contributed by atoms with E-state index in [0.717, 1.165) is 11.1 Å². The minimum Gasteiger partial charge on any atom is -0.467 e. The average Bonchev–Trinajstić information content (AvgIpc) is 3.32. The molecule has 0 aliphatic rings. The van der Waals surface area contributed by atoms with E-state index in [-0.39, 0.29) is 17.8 Å². The molecule has 4 nitrogen and oxygen atoms in total. The Morgan fingerprint density at radius 2 is 1.40 bits per heavy atom. The summed E-state index contributed by atoms with van der Waals surface area (Å²) in [6.45, 7) is 0. The Bertz CT molecular complexity index is 1070. The summed E-state index contributed by atoms with van der Waals surface area (Å²) in [5.74, 6) is 0.102. The van der Waals surface area contributed by atoms with E-state index in [1.807, 2.05) is 72.8 Å². The molecule has 0 aliphatic heterocycles. The monoisotopic (exact) mass is 400 g/mol. The Labute approximate surface area is 174 Å². The average molecular weight is 400 g/mol. The molecule has 0 fully saturated rings. The second kappa shape index (κ2) is 9.20. The first-order valence-corrected chi connectivity index (χ1v) is 9.66. The van der Waals surface area contributed by atoms with Crippen LogP contribution in [-0.4, -0.2) is 5.91 Å². The summed E-state index contributed by atoms with van der Waals surface area (Å²) < 4.78 is 18.9. The topological polar surface area (TPSA) is 54.3 Å². The number of furan rings is 1. The largest absolute Gasteiger partial charge is 0.467 e. The molecule has 0 unspecified atom stereocenters. The van der Waals surface area contributed by atoms with Crippen LogP contribution in [0, 0.1) is 5.82 Å². The Balaban J connectivity index is 1.66. The Morgan fingerprint density at radius 3 is 2.00 bits per heavy atom. The molecule has 5 heteroatoms. The molecule has 0 saturated carbocycles. The maximum atomic E-state index is 13.2. The summed E-state index contributed by atoms with van der Waals surface area (Å²) in [5.41, 5.74) is 2.31. The summed E-state index contributed by atoms with van der Waals surface area (Å²) in [7, 11) is 0. The van der Waals surface area contributed by atoms with E-state index in [1.165, 1.54) is 24.3 Å². The lowest BCUT2D eigenvalue weighted by Crippen LogP contribution is -2.36. The number of halogens is 1. The van der Waals surface area contributed by atoms with Crippen molar-refractivity contribution in [1.29, 1.82) is 0 Å². The number of nitrogens with one attached hydrogen (secondary N) is 2. The third-order valence-corrected chi connectivity index (χ3v) is 4.80.